The van der Waals surface area contributed by atoms with Crippen molar-refractivity contribution in [2.24, 2.45) is 0 Å². The van der Waals surface area contributed by atoms with Crippen LogP contribution in [0.25, 0.3) is 0 Å². The maximum absolute atomic E-state index is 13.4. The Balaban J connectivity index is 0.00000196. The van der Waals surface area contributed by atoms with Crippen molar-refractivity contribution >= 4 is 5.69 Å². The van der Waals surface area contributed by atoms with Crippen molar-refractivity contribution in [3.63, 3.8) is 0 Å². The van der Waals surface area contributed by atoms with E-state index in [-0.39, 0.29) is 21.2 Å². The van der Waals surface area contributed by atoms with Crippen LogP contribution in [0.4, 0.5) is 18.9 Å². The SMILES string of the molecule is Cc1c(F)cc([N+](C)(C)C)c(F)c1F.[OH-]. The van der Waals surface area contributed by atoms with Crippen LogP contribution in [0.2, 0.25) is 0 Å². The van der Waals surface area contributed by atoms with Crippen LogP contribution in [0.1, 0.15) is 5.56 Å². The quantitative estimate of drug-likeness (QED) is 0.529. The van der Waals surface area contributed by atoms with E-state index in [1.807, 2.05) is 0 Å². The summed E-state index contributed by atoms with van der Waals surface area (Å²) in [4.78, 5) is 0. The fourth-order valence-electron chi connectivity index (χ4n) is 1.16. The zero-order valence-corrected chi connectivity index (χ0v) is 9.11. The predicted molar refractivity (Wildman–Crippen MR) is 52.6 cm³/mol. The van der Waals surface area contributed by atoms with Crippen LogP contribution in [0.15, 0.2) is 6.07 Å². The molecule has 0 bridgehead atoms. The van der Waals surface area contributed by atoms with E-state index in [9.17, 15) is 13.2 Å². The summed E-state index contributed by atoms with van der Waals surface area (Å²) in [5.74, 6) is -2.79. The van der Waals surface area contributed by atoms with Gasteiger partial charge in [0.05, 0.1) is 21.1 Å². The molecule has 0 saturated carbocycles. The van der Waals surface area contributed by atoms with Gasteiger partial charge in [-0.25, -0.2) is 8.78 Å². The number of quaternary nitrogens is 1. The number of benzene rings is 1. The maximum Gasteiger partial charge on any atom is 0.219 e. The normalized spacial score (nSPS) is 11.1. The van der Waals surface area contributed by atoms with Crippen LogP contribution in [0, 0.1) is 24.4 Å². The van der Waals surface area contributed by atoms with E-state index in [0.29, 0.717) is 0 Å². The van der Waals surface area contributed by atoms with E-state index in [1.165, 1.54) is 6.92 Å². The van der Waals surface area contributed by atoms with Crippen LogP contribution in [0.3, 0.4) is 0 Å². The lowest BCUT2D eigenvalue weighted by molar-refractivity contribution is 0.422. The molecule has 0 saturated heterocycles. The minimum absolute atomic E-state index is 0. The van der Waals surface area contributed by atoms with Crippen molar-refractivity contribution < 1.29 is 18.6 Å². The number of halogens is 3. The van der Waals surface area contributed by atoms with Crippen molar-refractivity contribution in [2.75, 3.05) is 21.1 Å². The van der Waals surface area contributed by atoms with Gasteiger partial charge in [-0.2, -0.15) is 4.39 Å². The average Bonchev–Trinajstić information content (AvgIpc) is 2.06. The zero-order chi connectivity index (χ0) is 11.1. The Morgan fingerprint density at radius 3 is 1.87 bits per heavy atom. The predicted octanol–water partition coefficient (Wildman–Crippen LogP) is 2.43. The summed E-state index contributed by atoms with van der Waals surface area (Å²) in [6.45, 7) is 1.22. The minimum atomic E-state index is -1.10. The summed E-state index contributed by atoms with van der Waals surface area (Å²) in [5, 5.41) is 0. The molecule has 0 spiro atoms. The minimum Gasteiger partial charge on any atom is -0.870 e. The van der Waals surface area contributed by atoms with Crippen molar-refractivity contribution in [1.82, 2.24) is 4.48 Å². The summed E-state index contributed by atoms with van der Waals surface area (Å²) < 4.78 is 39.7. The zero-order valence-electron chi connectivity index (χ0n) is 9.11. The van der Waals surface area contributed by atoms with Gasteiger partial charge < -0.3 is 5.48 Å². The second-order valence-electron chi connectivity index (χ2n) is 4.14. The highest BCUT2D eigenvalue weighted by molar-refractivity contribution is 5.45. The molecule has 0 unspecified atom stereocenters. The van der Waals surface area contributed by atoms with Gasteiger partial charge in [-0.15, -0.1) is 0 Å². The van der Waals surface area contributed by atoms with E-state index in [2.05, 4.69) is 0 Å². The highest BCUT2D eigenvalue weighted by Crippen LogP contribution is 2.27. The molecule has 5 heteroatoms. The standard InChI is InChI=1S/C10H13F3N.H2O/c1-6-7(11)5-8(14(2,3)4)10(13)9(6)12;/h5H,1-4H3;1H2/q+1;/p-1. The Kier molecular flexibility index (Phi) is 3.90. The van der Waals surface area contributed by atoms with Crippen LogP contribution in [0.5, 0.6) is 0 Å². The molecule has 0 amide bonds. The lowest BCUT2D eigenvalue weighted by atomic mass is 10.1. The number of rotatable bonds is 1. The monoisotopic (exact) mass is 221 g/mol. The van der Waals surface area contributed by atoms with Gasteiger partial charge in [0.15, 0.2) is 11.5 Å². The fourth-order valence-corrected chi connectivity index (χ4v) is 1.16. The largest absolute Gasteiger partial charge is 0.870 e. The summed E-state index contributed by atoms with van der Waals surface area (Å²) in [5.41, 5.74) is -0.273. The highest BCUT2D eigenvalue weighted by atomic mass is 19.2. The van der Waals surface area contributed by atoms with E-state index >= 15 is 0 Å². The Labute approximate surface area is 86.8 Å². The second kappa shape index (κ2) is 4.20. The molecular formula is C10H14F3NO. The molecular weight excluding hydrogens is 207 g/mol. The van der Waals surface area contributed by atoms with E-state index in [0.717, 1.165) is 6.07 Å². The van der Waals surface area contributed by atoms with Gasteiger partial charge in [-0.05, 0) is 6.92 Å². The first kappa shape index (κ1) is 13.9. The molecule has 1 aromatic rings. The molecule has 0 aromatic heterocycles. The Morgan fingerprint density at radius 2 is 1.47 bits per heavy atom. The topological polar surface area (TPSA) is 30.0 Å². The van der Waals surface area contributed by atoms with Gasteiger partial charge in [-0.3, -0.25) is 4.48 Å². The lowest BCUT2D eigenvalue weighted by Crippen LogP contribution is -2.36. The lowest BCUT2D eigenvalue weighted by Gasteiger charge is -2.24. The van der Waals surface area contributed by atoms with Gasteiger partial charge >= 0.3 is 0 Å². The van der Waals surface area contributed by atoms with Crippen LogP contribution >= 0.6 is 0 Å². The Bertz CT molecular complexity index is 372. The summed E-state index contributed by atoms with van der Waals surface area (Å²) in [6.07, 6.45) is 0. The molecule has 0 atom stereocenters. The highest BCUT2D eigenvalue weighted by Gasteiger charge is 2.25. The first-order valence-corrected chi connectivity index (χ1v) is 4.21. The van der Waals surface area contributed by atoms with Crippen molar-refractivity contribution in [1.29, 1.82) is 0 Å². The van der Waals surface area contributed by atoms with Crippen molar-refractivity contribution in [3.8, 4) is 0 Å². The first-order chi connectivity index (χ1) is 6.25. The van der Waals surface area contributed by atoms with Crippen molar-refractivity contribution in [3.05, 3.63) is 29.1 Å². The third-order valence-corrected chi connectivity index (χ3v) is 2.09. The Hall–Kier alpha value is -1.07. The molecule has 0 heterocycles. The number of hydrogen-bond acceptors (Lipinski definition) is 1. The molecule has 15 heavy (non-hydrogen) atoms. The molecule has 86 valence electrons. The summed E-state index contributed by atoms with van der Waals surface area (Å²) in [7, 11) is 4.94. The number of nitrogens with zero attached hydrogens (tertiary/aromatic N) is 1. The molecule has 0 aliphatic carbocycles. The second-order valence-corrected chi connectivity index (χ2v) is 4.14. The van der Waals surface area contributed by atoms with Gasteiger partial charge in [0, 0.05) is 11.6 Å². The molecule has 0 radical (unpaired) electrons. The number of hydrogen-bond donors (Lipinski definition) is 0. The molecule has 0 aliphatic heterocycles. The first-order valence-electron chi connectivity index (χ1n) is 4.21. The molecule has 2 nitrogen and oxygen atoms in total. The summed E-state index contributed by atoms with van der Waals surface area (Å²) in [6, 6.07) is 1.04. The third-order valence-electron chi connectivity index (χ3n) is 2.09. The van der Waals surface area contributed by atoms with E-state index < -0.39 is 17.5 Å². The molecule has 0 aliphatic rings. The molecule has 0 fully saturated rings. The van der Waals surface area contributed by atoms with Crippen LogP contribution in [-0.4, -0.2) is 26.6 Å². The fraction of sp³-hybridized carbons (Fsp3) is 0.400. The summed E-state index contributed by atoms with van der Waals surface area (Å²) >= 11 is 0. The molecule has 1 rings (SSSR count). The van der Waals surface area contributed by atoms with Crippen LogP contribution in [-0.2, 0) is 0 Å². The molecule has 1 aromatic carbocycles. The Morgan fingerprint density at radius 1 is 1.00 bits per heavy atom. The van der Waals surface area contributed by atoms with Gasteiger partial charge in [0.1, 0.15) is 5.82 Å². The van der Waals surface area contributed by atoms with Crippen molar-refractivity contribution in [2.45, 2.75) is 6.92 Å². The molecule has 1 N–H and O–H groups in total. The van der Waals surface area contributed by atoms with Gasteiger partial charge in [-0.1, -0.05) is 0 Å². The smallest absolute Gasteiger partial charge is 0.219 e. The maximum atomic E-state index is 13.4. The van der Waals surface area contributed by atoms with Crippen LogP contribution < -0.4 is 4.48 Å². The van der Waals surface area contributed by atoms with Gasteiger partial charge in [0.25, 0.3) is 0 Å². The van der Waals surface area contributed by atoms with E-state index in [1.54, 1.807) is 21.1 Å². The van der Waals surface area contributed by atoms with Gasteiger partial charge in [0.2, 0.25) is 5.82 Å². The van der Waals surface area contributed by atoms with E-state index in [4.69, 9.17) is 0 Å². The average molecular weight is 221 g/mol. The third kappa shape index (κ3) is 2.49.